The van der Waals surface area contributed by atoms with Crippen LogP contribution >= 0.6 is 20.4 Å². The second-order valence-corrected chi connectivity index (χ2v) is 11.2. The summed E-state index contributed by atoms with van der Waals surface area (Å²) in [6.45, 7) is 8.15. The van der Waals surface area contributed by atoms with Gasteiger partial charge in [-0.25, -0.2) is 4.13 Å². The number of rotatable bonds is 6. The minimum Gasteiger partial charge on any atom is -0.229 e. The Balaban J connectivity index is 2.40. The maximum absolute atomic E-state index is 4.07. The first-order valence-corrected chi connectivity index (χ1v) is 11.0. The zero-order chi connectivity index (χ0) is 15.3. The molecule has 1 N–H and O–H groups in total. The molecule has 0 aromatic heterocycles. The van der Waals surface area contributed by atoms with Crippen molar-refractivity contribution in [2.75, 3.05) is 12.5 Å². The van der Waals surface area contributed by atoms with Crippen molar-refractivity contribution >= 4 is 20.4 Å². The van der Waals surface area contributed by atoms with Crippen LogP contribution in [-0.2, 0) is 0 Å². The smallest absolute Gasteiger partial charge is 0.00641 e. The summed E-state index contributed by atoms with van der Waals surface area (Å²) < 4.78 is 3.87. The summed E-state index contributed by atoms with van der Waals surface area (Å²) in [6, 6.07) is 21.1. The van der Waals surface area contributed by atoms with Crippen LogP contribution in [0.25, 0.3) is 0 Å². The number of benzene rings is 2. The highest BCUT2D eigenvalue weighted by atomic mass is 32.3. The highest BCUT2D eigenvalue weighted by Crippen LogP contribution is 2.62. The van der Waals surface area contributed by atoms with Crippen molar-refractivity contribution in [1.82, 2.24) is 4.13 Å². The van der Waals surface area contributed by atoms with Gasteiger partial charge in [-0.05, 0) is 47.6 Å². The van der Waals surface area contributed by atoms with Gasteiger partial charge in [-0.1, -0.05) is 49.6 Å². The Kier molecular flexibility index (Phi) is 4.99. The van der Waals surface area contributed by atoms with E-state index in [2.05, 4.69) is 89.1 Å². The molecular weight excluding hydrogens is 294 g/mol. The van der Waals surface area contributed by atoms with E-state index in [-0.39, 0.29) is 0 Å². The van der Waals surface area contributed by atoms with Gasteiger partial charge in [0.2, 0.25) is 0 Å². The van der Waals surface area contributed by atoms with E-state index in [0.29, 0.717) is 0 Å². The molecule has 0 aliphatic carbocycles. The van der Waals surface area contributed by atoms with E-state index < -0.39 is 20.4 Å². The van der Waals surface area contributed by atoms with Gasteiger partial charge in [0.15, 0.2) is 0 Å². The van der Waals surface area contributed by atoms with Crippen molar-refractivity contribution in [1.29, 1.82) is 0 Å². The van der Waals surface area contributed by atoms with Crippen molar-refractivity contribution in [3.8, 4) is 0 Å². The molecular formula is C18H23NS2. The van der Waals surface area contributed by atoms with Crippen molar-refractivity contribution in [2.45, 2.75) is 9.79 Å². The molecule has 0 heterocycles. The Morgan fingerprint density at radius 3 is 1.33 bits per heavy atom. The van der Waals surface area contributed by atoms with Crippen LogP contribution in [-0.4, -0.2) is 12.5 Å². The second-order valence-electron chi connectivity index (χ2n) is 5.01. The molecule has 2 rings (SSSR count). The van der Waals surface area contributed by atoms with Gasteiger partial charge in [-0.15, -0.1) is 20.4 Å². The zero-order valence-corrected chi connectivity index (χ0v) is 14.3. The van der Waals surface area contributed by atoms with E-state index in [0.717, 1.165) is 0 Å². The standard InChI is InChI=1S/C18H23NS2/c1-5-20(3,17-13-9-7-10-14-17)19-21(4,6-2)18-15-11-8-12-16-18/h5-16,19H,1-2H2,3-4H3. The lowest BCUT2D eigenvalue weighted by atomic mass is 10.4. The molecule has 112 valence electrons. The summed E-state index contributed by atoms with van der Waals surface area (Å²) in [6.07, 6.45) is 4.49. The van der Waals surface area contributed by atoms with E-state index in [1.807, 2.05) is 12.1 Å². The molecule has 0 aliphatic heterocycles. The lowest BCUT2D eigenvalue weighted by Gasteiger charge is -2.45. The van der Waals surface area contributed by atoms with Gasteiger partial charge in [0, 0.05) is 9.79 Å². The molecule has 1 nitrogen and oxygen atoms in total. The molecule has 2 unspecified atom stereocenters. The Bertz CT molecular complexity index is 556. The third-order valence-corrected chi connectivity index (χ3v) is 10.1. The van der Waals surface area contributed by atoms with Crippen LogP contribution in [0.2, 0.25) is 0 Å². The fourth-order valence-corrected chi connectivity index (χ4v) is 8.14. The van der Waals surface area contributed by atoms with Crippen LogP contribution in [0, 0.1) is 0 Å². The van der Waals surface area contributed by atoms with Gasteiger partial charge in [-0.3, -0.25) is 0 Å². The summed E-state index contributed by atoms with van der Waals surface area (Å²) >= 11 is 0. The molecule has 0 aliphatic rings. The molecule has 0 fully saturated rings. The van der Waals surface area contributed by atoms with E-state index >= 15 is 0 Å². The number of hydrogen-bond acceptors (Lipinski definition) is 1. The van der Waals surface area contributed by atoms with E-state index in [9.17, 15) is 0 Å². The fraction of sp³-hybridized carbons (Fsp3) is 0.111. The third kappa shape index (κ3) is 3.43. The molecule has 2 aromatic carbocycles. The van der Waals surface area contributed by atoms with Gasteiger partial charge < -0.3 is 0 Å². The molecule has 3 heteroatoms. The Morgan fingerprint density at radius 1 is 0.714 bits per heavy atom. The average Bonchev–Trinajstić information content (AvgIpc) is 2.56. The Hall–Kier alpha value is -1.42. The third-order valence-electron chi connectivity index (χ3n) is 3.48. The SMILES string of the molecule is C=CS(C)(NS(C)(C=C)c1ccccc1)c1ccccc1. The van der Waals surface area contributed by atoms with Crippen LogP contribution in [0.3, 0.4) is 0 Å². The summed E-state index contributed by atoms with van der Waals surface area (Å²) in [5, 5.41) is 4.11. The number of nitrogens with one attached hydrogen (secondary N) is 1. The van der Waals surface area contributed by atoms with Crippen molar-refractivity contribution < 1.29 is 0 Å². The Labute approximate surface area is 131 Å². The van der Waals surface area contributed by atoms with Crippen LogP contribution in [0.4, 0.5) is 0 Å². The minimum absolute atomic E-state index is 1.29. The average molecular weight is 318 g/mol. The first-order valence-electron chi connectivity index (χ1n) is 6.74. The molecule has 0 amide bonds. The topological polar surface area (TPSA) is 12.0 Å². The quantitative estimate of drug-likeness (QED) is 0.722. The first kappa shape index (κ1) is 16.0. The fourth-order valence-electron chi connectivity index (χ4n) is 2.12. The van der Waals surface area contributed by atoms with Gasteiger partial charge in [0.05, 0.1) is 0 Å². The predicted octanol–water partition coefficient (Wildman–Crippen LogP) is 5.68. The maximum Gasteiger partial charge on any atom is 0.00641 e. The van der Waals surface area contributed by atoms with Crippen molar-refractivity contribution in [3.63, 3.8) is 0 Å². The lowest BCUT2D eigenvalue weighted by molar-refractivity contribution is 1.37. The van der Waals surface area contributed by atoms with Crippen molar-refractivity contribution in [3.05, 3.63) is 84.6 Å². The first-order chi connectivity index (χ1) is 10.0. The summed E-state index contributed by atoms with van der Waals surface area (Å²) in [5.41, 5.74) is 0. The molecule has 0 radical (unpaired) electrons. The lowest BCUT2D eigenvalue weighted by Crippen LogP contribution is -2.21. The molecule has 0 saturated carbocycles. The molecule has 2 aromatic rings. The van der Waals surface area contributed by atoms with Gasteiger partial charge in [0.25, 0.3) is 0 Å². The monoisotopic (exact) mass is 317 g/mol. The van der Waals surface area contributed by atoms with E-state index in [4.69, 9.17) is 0 Å². The van der Waals surface area contributed by atoms with E-state index in [1.165, 1.54) is 9.79 Å². The summed E-state index contributed by atoms with van der Waals surface area (Å²) in [5.74, 6) is 0. The molecule has 21 heavy (non-hydrogen) atoms. The minimum atomic E-state index is -1.29. The largest absolute Gasteiger partial charge is 0.229 e. The maximum atomic E-state index is 4.07. The van der Waals surface area contributed by atoms with Gasteiger partial charge >= 0.3 is 0 Å². The normalized spacial score (nSPS) is 19.5. The van der Waals surface area contributed by atoms with Gasteiger partial charge in [-0.2, -0.15) is 0 Å². The van der Waals surface area contributed by atoms with E-state index in [1.54, 1.807) is 0 Å². The summed E-state index contributed by atoms with van der Waals surface area (Å²) in [4.78, 5) is 2.58. The van der Waals surface area contributed by atoms with Crippen molar-refractivity contribution in [2.24, 2.45) is 0 Å². The van der Waals surface area contributed by atoms with Crippen LogP contribution in [0.1, 0.15) is 0 Å². The summed E-state index contributed by atoms with van der Waals surface area (Å²) in [7, 11) is -2.59. The zero-order valence-electron chi connectivity index (χ0n) is 12.7. The second kappa shape index (κ2) is 6.56. The number of hydrogen-bond donors (Lipinski definition) is 1. The Morgan fingerprint density at radius 2 is 1.05 bits per heavy atom. The molecule has 2 atom stereocenters. The van der Waals surface area contributed by atoms with Crippen LogP contribution in [0.5, 0.6) is 0 Å². The highest BCUT2D eigenvalue weighted by molar-refractivity contribution is 8.47. The predicted molar refractivity (Wildman–Crippen MR) is 100.0 cm³/mol. The molecule has 0 spiro atoms. The highest BCUT2D eigenvalue weighted by Gasteiger charge is 2.26. The molecule has 0 saturated heterocycles. The molecule has 0 bridgehead atoms. The van der Waals surface area contributed by atoms with Gasteiger partial charge in [0.1, 0.15) is 0 Å². The van der Waals surface area contributed by atoms with Crippen LogP contribution < -0.4 is 4.13 Å². The van der Waals surface area contributed by atoms with Crippen LogP contribution in [0.15, 0.2) is 94.4 Å².